The second-order valence-electron chi connectivity index (χ2n) is 4.01. The maximum Gasteiger partial charge on any atom is 0.252 e. The monoisotopic (exact) mass is 339 g/mol. The van der Waals surface area contributed by atoms with Gasteiger partial charge in [-0.3, -0.25) is 0 Å². The predicted molar refractivity (Wildman–Crippen MR) is 70.6 cm³/mol. The van der Waals surface area contributed by atoms with Crippen LogP contribution >= 0.6 is 27.3 Å². The number of hydrogen-bond donors (Lipinski definition) is 1. The van der Waals surface area contributed by atoms with Crippen molar-refractivity contribution in [2.45, 2.75) is 29.5 Å². The zero-order chi connectivity index (χ0) is 12.5. The summed E-state index contributed by atoms with van der Waals surface area (Å²) >= 11 is 4.47. The molecule has 1 fully saturated rings. The van der Waals surface area contributed by atoms with Crippen LogP contribution in [0.1, 0.15) is 19.3 Å². The van der Waals surface area contributed by atoms with Crippen LogP contribution < -0.4 is 0 Å². The summed E-state index contributed by atoms with van der Waals surface area (Å²) in [5.41, 5.74) is 0. The number of sulfonamides is 1. The van der Waals surface area contributed by atoms with Gasteiger partial charge in [-0.2, -0.15) is 4.31 Å². The van der Waals surface area contributed by atoms with Gasteiger partial charge in [0.1, 0.15) is 4.21 Å². The van der Waals surface area contributed by atoms with Crippen molar-refractivity contribution in [3.63, 3.8) is 0 Å². The Hall–Kier alpha value is 0.0500. The second-order valence-corrected chi connectivity index (χ2v) is 8.59. The number of rotatable bonds is 3. The Morgan fingerprint density at radius 1 is 1.47 bits per heavy atom. The molecule has 0 amide bonds. The molecule has 1 N–H and O–H groups in total. The molecule has 1 aliphatic rings. The van der Waals surface area contributed by atoms with Crippen molar-refractivity contribution in [3.05, 3.63) is 15.9 Å². The van der Waals surface area contributed by atoms with Gasteiger partial charge in [-0.05, 0) is 40.9 Å². The molecule has 0 saturated carbocycles. The van der Waals surface area contributed by atoms with Crippen molar-refractivity contribution in [1.29, 1.82) is 0 Å². The molecule has 1 aromatic heterocycles. The Labute approximate surface area is 113 Å². The third kappa shape index (κ3) is 2.73. The fourth-order valence-corrected chi connectivity index (χ4v) is 5.85. The number of piperidine rings is 1. The van der Waals surface area contributed by atoms with Gasteiger partial charge in [0.2, 0.25) is 0 Å². The highest BCUT2D eigenvalue weighted by Gasteiger charge is 2.33. The van der Waals surface area contributed by atoms with Crippen LogP contribution in [0.2, 0.25) is 0 Å². The highest BCUT2D eigenvalue weighted by molar-refractivity contribution is 9.11. The van der Waals surface area contributed by atoms with E-state index >= 15 is 0 Å². The number of nitrogens with zero attached hydrogens (tertiary/aromatic N) is 1. The first-order valence-electron chi connectivity index (χ1n) is 5.44. The van der Waals surface area contributed by atoms with Crippen LogP contribution in [0, 0.1) is 0 Å². The fourth-order valence-electron chi connectivity index (χ4n) is 2.02. The Bertz CT molecular complexity index is 485. The molecule has 1 aromatic rings. The van der Waals surface area contributed by atoms with E-state index in [1.807, 2.05) is 0 Å². The molecule has 0 aliphatic carbocycles. The summed E-state index contributed by atoms with van der Waals surface area (Å²) in [7, 11) is -3.44. The Kier molecular flexibility index (Phi) is 4.25. The molecule has 0 radical (unpaired) electrons. The first-order valence-corrected chi connectivity index (χ1v) is 8.48. The number of aliphatic hydroxyl groups is 1. The average Bonchev–Trinajstić information content (AvgIpc) is 2.76. The van der Waals surface area contributed by atoms with E-state index in [2.05, 4.69) is 15.9 Å². The summed E-state index contributed by atoms with van der Waals surface area (Å²) in [6, 6.07) is 3.07. The van der Waals surface area contributed by atoms with Crippen molar-refractivity contribution >= 4 is 37.3 Å². The van der Waals surface area contributed by atoms with E-state index in [1.165, 1.54) is 15.6 Å². The summed E-state index contributed by atoms with van der Waals surface area (Å²) in [5.74, 6) is 0. The average molecular weight is 340 g/mol. The molecule has 1 unspecified atom stereocenters. The van der Waals surface area contributed by atoms with Crippen molar-refractivity contribution in [2.24, 2.45) is 0 Å². The van der Waals surface area contributed by atoms with Crippen molar-refractivity contribution in [2.75, 3.05) is 13.2 Å². The van der Waals surface area contributed by atoms with Gasteiger partial charge in [0.15, 0.2) is 0 Å². The van der Waals surface area contributed by atoms with Gasteiger partial charge in [-0.1, -0.05) is 6.42 Å². The molecule has 1 atom stereocenters. The van der Waals surface area contributed by atoms with Gasteiger partial charge in [0.25, 0.3) is 10.0 Å². The lowest BCUT2D eigenvalue weighted by Crippen LogP contribution is -2.45. The molecule has 2 heterocycles. The fraction of sp³-hybridized carbons (Fsp3) is 0.600. The number of halogens is 1. The maximum atomic E-state index is 12.4. The third-order valence-corrected chi connectivity index (χ3v) is 6.94. The predicted octanol–water partition coefficient (Wildman–Crippen LogP) is 2.05. The van der Waals surface area contributed by atoms with Gasteiger partial charge < -0.3 is 5.11 Å². The molecular formula is C10H14BrNO3S2. The largest absolute Gasteiger partial charge is 0.395 e. The molecule has 0 spiro atoms. The van der Waals surface area contributed by atoms with E-state index in [1.54, 1.807) is 12.1 Å². The summed E-state index contributed by atoms with van der Waals surface area (Å²) < 4.78 is 27.3. The van der Waals surface area contributed by atoms with E-state index in [0.29, 0.717) is 10.8 Å². The Morgan fingerprint density at radius 2 is 2.24 bits per heavy atom. The quantitative estimate of drug-likeness (QED) is 0.916. The topological polar surface area (TPSA) is 57.6 Å². The molecule has 1 aliphatic heterocycles. The van der Waals surface area contributed by atoms with Gasteiger partial charge in [-0.25, -0.2) is 8.42 Å². The van der Waals surface area contributed by atoms with E-state index < -0.39 is 10.0 Å². The van der Waals surface area contributed by atoms with E-state index in [4.69, 9.17) is 0 Å². The van der Waals surface area contributed by atoms with Gasteiger partial charge in [-0.15, -0.1) is 11.3 Å². The number of aliphatic hydroxyl groups excluding tert-OH is 1. The van der Waals surface area contributed by atoms with Crippen LogP contribution in [0.5, 0.6) is 0 Å². The molecule has 7 heteroatoms. The van der Waals surface area contributed by atoms with Gasteiger partial charge >= 0.3 is 0 Å². The normalized spacial score (nSPS) is 22.8. The highest BCUT2D eigenvalue weighted by atomic mass is 79.9. The molecule has 2 rings (SSSR count). The molecular weight excluding hydrogens is 326 g/mol. The molecule has 0 aromatic carbocycles. The van der Waals surface area contributed by atoms with Crippen molar-refractivity contribution < 1.29 is 13.5 Å². The lowest BCUT2D eigenvalue weighted by atomic mass is 10.1. The van der Waals surface area contributed by atoms with Crippen molar-refractivity contribution in [1.82, 2.24) is 4.31 Å². The van der Waals surface area contributed by atoms with Crippen LogP contribution in [0.3, 0.4) is 0 Å². The summed E-state index contributed by atoms with van der Waals surface area (Å²) in [6.07, 6.45) is 2.58. The van der Waals surface area contributed by atoms with E-state index in [-0.39, 0.29) is 12.6 Å². The zero-order valence-electron chi connectivity index (χ0n) is 9.17. The Morgan fingerprint density at radius 3 is 2.82 bits per heavy atom. The molecule has 1 saturated heterocycles. The minimum absolute atomic E-state index is 0.105. The molecule has 0 bridgehead atoms. The van der Waals surface area contributed by atoms with Crippen molar-refractivity contribution in [3.8, 4) is 0 Å². The number of hydrogen-bond acceptors (Lipinski definition) is 4. The smallest absolute Gasteiger partial charge is 0.252 e. The van der Waals surface area contributed by atoms with Crippen LogP contribution in [0.15, 0.2) is 20.1 Å². The summed E-state index contributed by atoms with van der Waals surface area (Å²) in [4.78, 5) is 0. The lowest BCUT2D eigenvalue weighted by Gasteiger charge is -2.32. The standard InChI is InChI=1S/C10H14BrNO3S2/c11-9-4-5-10(16-9)17(14,15)12-6-2-1-3-8(12)7-13/h4-5,8,13H,1-3,6-7H2. The van der Waals surface area contributed by atoms with E-state index in [9.17, 15) is 13.5 Å². The highest BCUT2D eigenvalue weighted by Crippen LogP contribution is 2.31. The van der Waals surface area contributed by atoms with Crippen LogP contribution in [0.4, 0.5) is 0 Å². The Balaban J connectivity index is 2.30. The summed E-state index contributed by atoms with van der Waals surface area (Å²) in [6.45, 7) is 0.398. The summed E-state index contributed by atoms with van der Waals surface area (Å²) in [5, 5.41) is 9.26. The zero-order valence-corrected chi connectivity index (χ0v) is 12.4. The van der Waals surface area contributed by atoms with Crippen LogP contribution in [0.25, 0.3) is 0 Å². The first-order chi connectivity index (χ1) is 8.05. The molecule has 96 valence electrons. The number of thiophene rings is 1. The first kappa shape index (κ1) is 13.5. The SMILES string of the molecule is O=S(=O)(c1ccc(Br)s1)N1CCCCC1CO. The lowest BCUT2D eigenvalue weighted by molar-refractivity contribution is 0.155. The third-order valence-electron chi connectivity index (χ3n) is 2.90. The second kappa shape index (κ2) is 5.36. The minimum atomic E-state index is -3.44. The molecule has 17 heavy (non-hydrogen) atoms. The van der Waals surface area contributed by atoms with Gasteiger partial charge in [0, 0.05) is 12.6 Å². The van der Waals surface area contributed by atoms with Gasteiger partial charge in [0.05, 0.1) is 10.4 Å². The van der Waals surface area contributed by atoms with E-state index in [0.717, 1.165) is 23.0 Å². The van der Waals surface area contributed by atoms with Crippen LogP contribution in [-0.2, 0) is 10.0 Å². The van der Waals surface area contributed by atoms with Crippen LogP contribution in [-0.4, -0.2) is 37.0 Å². The molecule has 4 nitrogen and oxygen atoms in total. The maximum absolute atomic E-state index is 12.4. The minimum Gasteiger partial charge on any atom is -0.395 e.